The minimum absolute atomic E-state index is 0.0678. The zero-order valence-electron chi connectivity index (χ0n) is 14.7. The van der Waals surface area contributed by atoms with E-state index in [2.05, 4.69) is 20.5 Å². The first-order valence-electron chi connectivity index (χ1n) is 8.44. The average Bonchev–Trinajstić information content (AvgIpc) is 2.89. The number of aromatic amines is 1. The number of amides is 1. The summed E-state index contributed by atoms with van der Waals surface area (Å²) in [5, 5.41) is 19.8. The van der Waals surface area contributed by atoms with Crippen LogP contribution in [-0.4, -0.2) is 39.4 Å². The Bertz CT molecular complexity index is 733. The standard InChI is InChI=1S/C18H24N4O3/c1-10-16(11(2)22-21-10)7-17(24)20-18(12-4-14(23)5-12)13-6-15(25-3)9-19-8-13/h6,8-9,12,14,18,23H,4-5,7H2,1-3H3,(H,20,24)(H,21,22). The number of hydrogen-bond donors (Lipinski definition) is 3. The van der Waals surface area contributed by atoms with E-state index in [0.717, 1.165) is 22.5 Å². The molecule has 1 aliphatic carbocycles. The van der Waals surface area contributed by atoms with Crippen molar-refractivity contribution in [3.05, 3.63) is 41.0 Å². The number of rotatable bonds is 6. The van der Waals surface area contributed by atoms with Gasteiger partial charge in [0.25, 0.3) is 0 Å². The van der Waals surface area contributed by atoms with Crippen molar-refractivity contribution in [2.75, 3.05) is 7.11 Å². The maximum atomic E-state index is 12.6. The van der Waals surface area contributed by atoms with E-state index in [9.17, 15) is 9.90 Å². The Morgan fingerprint density at radius 3 is 2.80 bits per heavy atom. The van der Waals surface area contributed by atoms with Crippen molar-refractivity contribution in [1.29, 1.82) is 0 Å². The Morgan fingerprint density at radius 2 is 2.20 bits per heavy atom. The zero-order chi connectivity index (χ0) is 18.0. The predicted octanol–water partition coefficient (Wildman–Crippen LogP) is 1.60. The molecule has 3 N–H and O–H groups in total. The molecule has 1 amide bonds. The van der Waals surface area contributed by atoms with Crippen LogP contribution in [0, 0.1) is 19.8 Å². The molecule has 2 aromatic heterocycles. The third-order valence-electron chi connectivity index (χ3n) is 4.88. The highest BCUT2D eigenvalue weighted by Gasteiger charge is 2.36. The van der Waals surface area contributed by atoms with Crippen molar-refractivity contribution in [3.63, 3.8) is 0 Å². The summed E-state index contributed by atoms with van der Waals surface area (Å²) in [4.78, 5) is 16.8. The Kier molecular flexibility index (Phi) is 5.03. The highest BCUT2D eigenvalue weighted by molar-refractivity contribution is 5.79. The van der Waals surface area contributed by atoms with E-state index in [4.69, 9.17) is 4.74 Å². The topological polar surface area (TPSA) is 100 Å². The molecule has 7 heteroatoms. The fourth-order valence-electron chi connectivity index (χ4n) is 3.31. The molecular weight excluding hydrogens is 320 g/mol. The molecule has 7 nitrogen and oxygen atoms in total. The molecule has 1 atom stereocenters. The van der Waals surface area contributed by atoms with E-state index in [1.807, 2.05) is 19.9 Å². The van der Waals surface area contributed by atoms with Crippen molar-refractivity contribution in [2.24, 2.45) is 5.92 Å². The van der Waals surface area contributed by atoms with Crippen molar-refractivity contribution in [1.82, 2.24) is 20.5 Å². The molecule has 1 aliphatic rings. The molecule has 0 aliphatic heterocycles. The van der Waals surface area contributed by atoms with Crippen LogP contribution in [0.2, 0.25) is 0 Å². The summed E-state index contributed by atoms with van der Waals surface area (Å²) in [6.07, 6.45) is 4.71. The van der Waals surface area contributed by atoms with Gasteiger partial charge in [-0.05, 0) is 44.2 Å². The van der Waals surface area contributed by atoms with Gasteiger partial charge in [-0.2, -0.15) is 5.10 Å². The highest BCUT2D eigenvalue weighted by atomic mass is 16.5. The number of ether oxygens (including phenoxy) is 1. The summed E-state index contributed by atoms with van der Waals surface area (Å²) in [7, 11) is 1.59. The molecule has 1 fully saturated rings. The molecule has 134 valence electrons. The van der Waals surface area contributed by atoms with Crippen molar-refractivity contribution < 1.29 is 14.6 Å². The van der Waals surface area contributed by atoms with Crippen molar-refractivity contribution >= 4 is 5.91 Å². The van der Waals surface area contributed by atoms with E-state index in [0.29, 0.717) is 18.6 Å². The van der Waals surface area contributed by atoms with Gasteiger partial charge in [-0.1, -0.05) is 0 Å². The third kappa shape index (κ3) is 3.82. The van der Waals surface area contributed by atoms with Crippen LogP contribution in [0.25, 0.3) is 0 Å². The second kappa shape index (κ2) is 7.23. The lowest BCUT2D eigenvalue weighted by Gasteiger charge is -2.38. The number of H-pyrrole nitrogens is 1. The van der Waals surface area contributed by atoms with Gasteiger partial charge in [0.2, 0.25) is 5.91 Å². The Morgan fingerprint density at radius 1 is 1.44 bits per heavy atom. The van der Waals surface area contributed by atoms with Crippen LogP contribution in [0.4, 0.5) is 0 Å². The maximum Gasteiger partial charge on any atom is 0.225 e. The SMILES string of the molecule is COc1cncc(C(NC(=O)Cc2c(C)n[nH]c2C)C2CC(O)C2)c1. The number of carbonyl (C=O) groups is 1. The fourth-order valence-corrected chi connectivity index (χ4v) is 3.31. The summed E-state index contributed by atoms with van der Waals surface area (Å²) in [5.74, 6) is 0.777. The van der Waals surface area contributed by atoms with Gasteiger partial charge in [-0.15, -0.1) is 0 Å². The molecule has 0 radical (unpaired) electrons. The van der Waals surface area contributed by atoms with Crippen LogP contribution in [-0.2, 0) is 11.2 Å². The van der Waals surface area contributed by atoms with E-state index >= 15 is 0 Å². The third-order valence-corrected chi connectivity index (χ3v) is 4.88. The Hall–Kier alpha value is -2.41. The van der Waals surface area contributed by atoms with Crippen LogP contribution in [0.3, 0.4) is 0 Å². The number of aliphatic hydroxyl groups is 1. The molecule has 0 spiro atoms. The number of aryl methyl sites for hydroxylation is 2. The van der Waals surface area contributed by atoms with Gasteiger partial charge in [-0.3, -0.25) is 14.9 Å². The Labute approximate surface area is 146 Å². The first-order valence-corrected chi connectivity index (χ1v) is 8.44. The maximum absolute atomic E-state index is 12.6. The molecule has 0 saturated heterocycles. The largest absolute Gasteiger partial charge is 0.495 e. The lowest BCUT2D eigenvalue weighted by Crippen LogP contribution is -2.42. The quantitative estimate of drug-likeness (QED) is 0.739. The van der Waals surface area contributed by atoms with E-state index in [-0.39, 0.29) is 30.4 Å². The molecule has 0 aromatic carbocycles. The van der Waals surface area contributed by atoms with Gasteiger partial charge >= 0.3 is 0 Å². The monoisotopic (exact) mass is 344 g/mol. The number of hydrogen-bond acceptors (Lipinski definition) is 5. The zero-order valence-corrected chi connectivity index (χ0v) is 14.7. The first-order chi connectivity index (χ1) is 12.0. The number of aromatic nitrogens is 3. The van der Waals surface area contributed by atoms with E-state index < -0.39 is 0 Å². The molecule has 1 saturated carbocycles. The van der Waals surface area contributed by atoms with Gasteiger partial charge in [0.15, 0.2) is 0 Å². The first kappa shape index (κ1) is 17.4. The van der Waals surface area contributed by atoms with Gasteiger partial charge < -0.3 is 15.2 Å². The number of methoxy groups -OCH3 is 1. The summed E-state index contributed by atoms with van der Waals surface area (Å²) < 4.78 is 5.24. The van der Waals surface area contributed by atoms with Crippen molar-refractivity contribution in [3.8, 4) is 5.75 Å². The van der Waals surface area contributed by atoms with Crippen molar-refractivity contribution in [2.45, 2.75) is 45.3 Å². The molecule has 0 bridgehead atoms. The summed E-state index contributed by atoms with van der Waals surface area (Å²) >= 11 is 0. The summed E-state index contributed by atoms with van der Waals surface area (Å²) in [6, 6.07) is 1.70. The number of pyridine rings is 1. The number of nitrogens with one attached hydrogen (secondary N) is 2. The van der Waals surface area contributed by atoms with E-state index in [1.54, 1.807) is 19.5 Å². The predicted molar refractivity (Wildman–Crippen MR) is 92.2 cm³/mol. The van der Waals surface area contributed by atoms with Crippen LogP contribution in [0.15, 0.2) is 18.5 Å². The molecule has 1 unspecified atom stereocenters. The summed E-state index contributed by atoms with van der Waals surface area (Å²) in [5.41, 5.74) is 3.57. The van der Waals surface area contributed by atoms with Gasteiger partial charge in [0.05, 0.1) is 37.6 Å². The van der Waals surface area contributed by atoms with E-state index in [1.165, 1.54) is 0 Å². The lowest BCUT2D eigenvalue weighted by atomic mass is 9.75. The number of aliphatic hydroxyl groups excluding tert-OH is 1. The van der Waals surface area contributed by atoms with Crippen LogP contribution < -0.4 is 10.1 Å². The van der Waals surface area contributed by atoms with Crippen LogP contribution >= 0.6 is 0 Å². The van der Waals surface area contributed by atoms with Gasteiger partial charge in [-0.25, -0.2) is 0 Å². The second-order valence-electron chi connectivity index (χ2n) is 6.68. The second-order valence-corrected chi connectivity index (χ2v) is 6.68. The normalized spacial score (nSPS) is 20.6. The molecule has 2 aromatic rings. The number of nitrogens with zero attached hydrogens (tertiary/aromatic N) is 2. The van der Waals surface area contributed by atoms with Crippen LogP contribution in [0.5, 0.6) is 5.75 Å². The summed E-state index contributed by atoms with van der Waals surface area (Å²) in [6.45, 7) is 3.80. The van der Waals surface area contributed by atoms with Crippen LogP contribution in [0.1, 0.15) is 41.4 Å². The molecule has 2 heterocycles. The molecule has 25 heavy (non-hydrogen) atoms. The smallest absolute Gasteiger partial charge is 0.225 e. The Balaban J connectivity index is 1.76. The minimum atomic E-state index is -0.290. The minimum Gasteiger partial charge on any atom is -0.495 e. The van der Waals surface area contributed by atoms with Gasteiger partial charge in [0, 0.05) is 17.5 Å². The number of carbonyl (C=O) groups excluding carboxylic acids is 1. The fraction of sp³-hybridized carbons (Fsp3) is 0.500. The lowest BCUT2D eigenvalue weighted by molar-refractivity contribution is -0.122. The molecule has 3 rings (SSSR count). The van der Waals surface area contributed by atoms with Gasteiger partial charge in [0.1, 0.15) is 5.75 Å². The highest BCUT2D eigenvalue weighted by Crippen LogP contribution is 2.38. The average molecular weight is 344 g/mol. The molecular formula is C18H24N4O3.